The average molecular weight is 386 g/mol. The van der Waals surface area contributed by atoms with Crippen molar-refractivity contribution in [2.45, 2.75) is 52.1 Å². The molecule has 0 N–H and O–H groups in total. The van der Waals surface area contributed by atoms with Crippen LogP contribution in [0.1, 0.15) is 51.2 Å². The third kappa shape index (κ3) is 5.09. The van der Waals surface area contributed by atoms with Crippen LogP contribution in [0.3, 0.4) is 0 Å². The van der Waals surface area contributed by atoms with Gasteiger partial charge in [0.05, 0.1) is 6.61 Å². The van der Waals surface area contributed by atoms with Gasteiger partial charge in [-0.1, -0.05) is 17.3 Å². The van der Waals surface area contributed by atoms with Gasteiger partial charge in [0.15, 0.2) is 0 Å². The predicted octanol–water partition coefficient (Wildman–Crippen LogP) is 2.95. The van der Waals surface area contributed by atoms with Crippen LogP contribution in [-0.2, 0) is 20.8 Å². The van der Waals surface area contributed by atoms with Gasteiger partial charge in [-0.05, 0) is 51.7 Å². The normalized spacial score (nSPS) is 15.5. The Morgan fingerprint density at radius 1 is 1.39 bits per heavy atom. The Bertz CT molecular complexity index is 831. The van der Waals surface area contributed by atoms with Gasteiger partial charge in [-0.2, -0.15) is 9.78 Å². The second-order valence-electron chi connectivity index (χ2n) is 7.18. The fourth-order valence-electron chi connectivity index (χ4n) is 2.94. The van der Waals surface area contributed by atoms with Crippen molar-refractivity contribution in [3.63, 3.8) is 0 Å². The summed E-state index contributed by atoms with van der Waals surface area (Å²) >= 11 is 0. The molecule has 1 aromatic heterocycles. The number of benzene rings is 1. The summed E-state index contributed by atoms with van der Waals surface area (Å²) in [7, 11) is 0. The van der Waals surface area contributed by atoms with Gasteiger partial charge in [-0.25, -0.2) is 4.98 Å². The molecule has 0 unspecified atom stereocenters. The molecule has 0 saturated heterocycles. The van der Waals surface area contributed by atoms with E-state index in [1.807, 2.05) is 18.2 Å². The van der Waals surface area contributed by atoms with Gasteiger partial charge in [-0.15, -0.1) is 0 Å². The van der Waals surface area contributed by atoms with Gasteiger partial charge in [0, 0.05) is 12.0 Å². The zero-order valence-electron chi connectivity index (χ0n) is 16.6. The van der Waals surface area contributed by atoms with Crippen molar-refractivity contribution in [3.8, 4) is 5.75 Å². The summed E-state index contributed by atoms with van der Waals surface area (Å²) in [5, 5.41) is 8.40. The van der Waals surface area contributed by atoms with Crippen LogP contribution < -0.4 is 4.74 Å². The van der Waals surface area contributed by atoms with Crippen LogP contribution in [0.15, 0.2) is 36.0 Å². The summed E-state index contributed by atoms with van der Waals surface area (Å²) in [5.74, 6) is 1.12. The van der Waals surface area contributed by atoms with Crippen molar-refractivity contribution >= 4 is 11.8 Å². The number of oxime groups is 1. The van der Waals surface area contributed by atoms with E-state index >= 15 is 0 Å². The van der Waals surface area contributed by atoms with Crippen LogP contribution >= 0.6 is 0 Å². The maximum Gasteiger partial charge on any atom is 0.305 e. The highest BCUT2D eigenvalue weighted by molar-refractivity contribution is 5.99. The maximum atomic E-state index is 11.4. The molecule has 0 aliphatic carbocycles. The molecule has 1 aromatic carbocycles. The Balaban J connectivity index is 1.73. The molecule has 8 heteroatoms. The van der Waals surface area contributed by atoms with E-state index < -0.39 is 0 Å². The molecule has 0 radical (unpaired) electrons. The van der Waals surface area contributed by atoms with Crippen molar-refractivity contribution in [3.05, 3.63) is 42.0 Å². The molecule has 0 saturated carbocycles. The second kappa shape index (κ2) is 8.86. The fraction of sp³-hybridized carbons (Fsp3) is 0.500. The Morgan fingerprint density at radius 2 is 2.25 bits per heavy atom. The SMILES string of the molecule is CCOC(=O)CCCO/N=C(/c1ccc2c(c1)OC(C)(C)CC2)n1cncn1. The topological polar surface area (TPSA) is 87.8 Å². The molecule has 2 heterocycles. The van der Waals surface area contributed by atoms with Crippen LogP contribution in [0.25, 0.3) is 0 Å². The Kier molecular flexibility index (Phi) is 6.28. The van der Waals surface area contributed by atoms with E-state index in [1.54, 1.807) is 17.9 Å². The summed E-state index contributed by atoms with van der Waals surface area (Å²) in [5.41, 5.74) is 1.79. The number of nitrogens with zero attached hydrogens (tertiary/aromatic N) is 4. The summed E-state index contributed by atoms with van der Waals surface area (Å²) in [6.45, 7) is 6.63. The van der Waals surface area contributed by atoms with Crippen molar-refractivity contribution in [1.82, 2.24) is 14.8 Å². The molecule has 1 aliphatic rings. The van der Waals surface area contributed by atoms with E-state index in [1.165, 1.54) is 11.9 Å². The number of carbonyl (C=O) groups is 1. The number of hydrogen-bond donors (Lipinski definition) is 0. The lowest BCUT2D eigenvalue weighted by atomic mass is 9.93. The monoisotopic (exact) mass is 386 g/mol. The molecule has 150 valence electrons. The summed E-state index contributed by atoms with van der Waals surface area (Å²) < 4.78 is 12.6. The van der Waals surface area contributed by atoms with Crippen molar-refractivity contribution in [2.75, 3.05) is 13.2 Å². The second-order valence-corrected chi connectivity index (χ2v) is 7.18. The van der Waals surface area contributed by atoms with Crippen LogP contribution in [-0.4, -0.2) is 45.4 Å². The van der Waals surface area contributed by atoms with Crippen molar-refractivity contribution in [2.24, 2.45) is 5.16 Å². The quantitative estimate of drug-likeness (QED) is 0.239. The van der Waals surface area contributed by atoms with E-state index in [0.29, 0.717) is 31.9 Å². The number of carbonyl (C=O) groups excluding carboxylic acids is 1. The standard InChI is InChI=1S/C20H26N4O4/c1-4-26-18(25)6-5-11-27-23-19(24-14-21-13-22-24)16-8-7-15-9-10-20(2,3)28-17(15)12-16/h7-8,12-14H,4-6,9-11H2,1-3H3/b23-19-. The number of aromatic nitrogens is 3. The van der Waals surface area contributed by atoms with Gasteiger partial charge < -0.3 is 14.3 Å². The molecule has 0 fully saturated rings. The molecule has 0 amide bonds. The minimum Gasteiger partial charge on any atom is -0.488 e. The number of rotatable bonds is 7. The number of fused-ring (bicyclic) bond motifs is 1. The first-order valence-electron chi connectivity index (χ1n) is 9.51. The Morgan fingerprint density at radius 3 is 3.00 bits per heavy atom. The van der Waals surface area contributed by atoms with Crippen LogP contribution in [0.5, 0.6) is 5.75 Å². The van der Waals surface area contributed by atoms with Gasteiger partial charge in [0.25, 0.3) is 0 Å². The molecule has 3 rings (SSSR count). The van der Waals surface area contributed by atoms with Gasteiger partial charge in [0.2, 0.25) is 5.84 Å². The lowest BCUT2D eigenvalue weighted by Crippen LogP contribution is -2.32. The number of esters is 1. The molecular formula is C20H26N4O4. The molecule has 0 spiro atoms. The van der Waals surface area contributed by atoms with E-state index in [9.17, 15) is 4.79 Å². The molecule has 1 aliphatic heterocycles. The van der Waals surface area contributed by atoms with Crippen molar-refractivity contribution < 1.29 is 19.1 Å². The number of aryl methyl sites for hydroxylation is 1. The predicted molar refractivity (Wildman–Crippen MR) is 103 cm³/mol. The first-order valence-corrected chi connectivity index (χ1v) is 9.51. The first kappa shape index (κ1) is 19.9. The van der Waals surface area contributed by atoms with Gasteiger partial charge >= 0.3 is 5.97 Å². The van der Waals surface area contributed by atoms with Crippen LogP contribution in [0.2, 0.25) is 0 Å². The molecule has 2 aromatic rings. The van der Waals surface area contributed by atoms with Gasteiger partial charge in [0.1, 0.15) is 30.6 Å². The van der Waals surface area contributed by atoms with E-state index in [2.05, 4.69) is 29.1 Å². The van der Waals surface area contributed by atoms with Crippen LogP contribution in [0.4, 0.5) is 0 Å². The average Bonchev–Trinajstić information content (AvgIpc) is 3.18. The first-order chi connectivity index (χ1) is 13.5. The van der Waals surface area contributed by atoms with Gasteiger partial charge in [-0.3, -0.25) is 4.79 Å². The zero-order chi connectivity index (χ0) is 20.0. The van der Waals surface area contributed by atoms with E-state index in [-0.39, 0.29) is 11.6 Å². The number of ether oxygens (including phenoxy) is 2. The van der Waals surface area contributed by atoms with E-state index in [4.69, 9.17) is 14.3 Å². The fourth-order valence-corrected chi connectivity index (χ4v) is 2.94. The highest BCUT2D eigenvalue weighted by Crippen LogP contribution is 2.33. The highest BCUT2D eigenvalue weighted by atomic mass is 16.6. The third-order valence-corrected chi connectivity index (χ3v) is 4.42. The number of hydrogen-bond acceptors (Lipinski definition) is 7. The summed E-state index contributed by atoms with van der Waals surface area (Å²) in [6.07, 6.45) is 5.77. The molecule has 0 atom stereocenters. The summed E-state index contributed by atoms with van der Waals surface area (Å²) in [4.78, 5) is 20.8. The minimum absolute atomic E-state index is 0.195. The van der Waals surface area contributed by atoms with E-state index in [0.717, 1.165) is 24.2 Å². The van der Waals surface area contributed by atoms with Crippen molar-refractivity contribution in [1.29, 1.82) is 0 Å². The zero-order valence-corrected chi connectivity index (χ0v) is 16.6. The third-order valence-electron chi connectivity index (χ3n) is 4.42. The summed E-state index contributed by atoms with van der Waals surface area (Å²) in [6, 6.07) is 5.98. The largest absolute Gasteiger partial charge is 0.488 e. The lowest BCUT2D eigenvalue weighted by Gasteiger charge is -2.32. The molecule has 0 bridgehead atoms. The van der Waals surface area contributed by atoms with Crippen LogP contribution in [0, 0.1) is 0 Å². The maximum absolute atomic E-state index is 11.4. The molecule has 28 heavy (non-hydrogen) atoms. The molecular weight excluding hydrogens is 360 g/mol. The highest BCUT2D eigenvalue weighted by Gasteiger charge is 2.27. The lowest BCUT2D eigenvalue weighted by molar-refractivity contribution is -0.143. The Hall–Kier alpha value is -2.90. The smallest absolute Gasteiger partial charge is 0.305 e. The Labute approximate surface area is 164 Å². The minimum atomic E-state index is -0.235. The molecule has 8 nitrogen and oxygen atoms in total.